The minimum Gasteiger partial charge on any atom is -0.444 e. The molecule has 0 saturated carbocycles. The minimum absolute atomic E-state index is 0.0605. The lowest BCUT2D eigenvalue weighted by Crippen LogP contribution is -2.51. The topological polar surface area (TPSA) is 61.9 Å². The van der Waals surface area contributed by atoms with Crippen molar-refractivity contribution in [3.8, 4) is 0 Å². The van der Waals surface area contributed by atoms with E-state index in [-0.39, 0.29) is 12.5 Å². The summed E-state index contributed by atoms with van der Waals surface area (Å²) in [5.74, 6) is -0.115. The van der Waals surface area contributed by atoms with Crippen LogP contribution in [0.2, 0.25) is 10.0 Å². The molecule has 144 valence electrons. The third-order valence-electron chi connectivity index (χ3n) is 3.93. The van der Waals surface area contributed by atoms with Crippen LogP contribution < -0.4 is 5.32 Å². The van der Waals surface area contributed by atoms with Crippen molar-refractivity contribution in [2.45, 2.75) is 32.9 Å². The maximum Gasteiger partial charge on any atom is 0.408 e. The van der Waals surface area contributed by atoms with E-state index in [0.29, 0.717) is 29.7 Å². The molecule has 2 rings (SSSR count). The predicted octanol–water partition coefficient (Wildman–Crippen LogP) is 3.16. The lowest BCUT2D eigenvalue weighted by atomic mass is 10.2. The van der Waals surface area contributed by atoms with Crippen molar-refractivity contribution >= 4 is 35.2 Å². The summed E-state index contributed by atoms with van der Waals surface area (Å²) in [5, 5.41) is 3.63. The first-order valence-corrected chi connectivity index (χ1v) is 9.31. The van der Waals surface area contributed by atoms with Gasteiger partial charge in [0.1, 0.15) is 12.1 Å². The van der Waals surface area contributed by atoms with Gasteiger partial charge in [-0.1, -0.05) is 35.3 Å². The summed E-state index contributed by atoms with van der Waals surface area (Å²) >= 11 is 12.3. The summed E-state index contributed by atoms with van der Waals surface area (Å²) in [6, 6.07) is 5.60. The Hall–Kier alpha value is -1.50. The van der Waals surface area contributed by atoms with Gasteiger partial charge >= 0.3 is 6.09 Å². The molecule has 1 heterocycles. The molecule has 0 bridgehead atoms. The van der Waals surface area contributed by atoms with E-state index in [9.17, 15) is 9.59 Å². The molecule has 0 aliphatic carbocycles. The van der Waals surface area contributed by atoms with Crippen LogP contribution in [0.25, 0.3) is 0 Å². The summed E-state index contributed by atoms with van der Waals surface area (Å²) in [6.07, 6.45) is -0.583. The number of nitrogens with zero attached hydrogens (tertiary/aromatic N) is 2. The predicted molar refractivity (Wildman–Crippen MR) is 103 cm³/mol. The Balaban J connectivity index is 1.76. The lowest BCUT2D eigenvalue weighted by Gasteiger charge is -2.35. The zero-order chi connectivity index (χ0) is 19.3. The van der Waals surface area contributed by atoms with E-state index in [1.165, 1.54) is 0 Å². The van der Waals surface area contributed by atoms with E-state index in [1.54, 1.807) is 31.7 Å². The smallest absolute Gasteiger partial charge is 0.408 e. The average Bonchev–Trinajstić information content (AvgIpc) is 2.56. The summed E-state index contributed by atoms with van der Waals surface area (Å²) in [6.45, 7) is 8.65. The van der Waals surface area contributed by atoms with Gasteiger partial charge in [-0.05, 0) is 32.4 Å². The summed E-state index contributed by atoms with van der Waals surface area (Å²) < 4.78 is 5.13. The maximum atomic E-state index is 12.2. The molecule has 26 heavy (non-hydrogen) atoms. The van der Waals surface area contributed by atoms with Crippen LogP contribution in [0.3, 0.4) is 0 Å². The lowest BCUT2D eigenvalue weighted by molar-refractivity contribution is -0.132. The zero-order valence-electron chi connectivity index (χ0n) is 15.3. The van der Waals surface area contributed by atoms with Gasteiger partial charge in [0, 0.05) is 32.7 Å². The van der Waals surface area contributed by atoms with Gasteiger partial charge in [0.15, 0.2) is 0 Å². The minimum atomic E-state index is -0.583. The largest absolute Gasteiger partial charge is 0.444 e. The molecule has 1 aromatic rings. The second-order valence-corrected chi connectivity index (χ2v) is 8.01. The number of nitrogens with one attached hydrogen (secondary N) is 1. The van der Waals surface area contributed by atoms with Crippen molar-refractivity contribution < 1.29 is 14.3 Å². The Morgan fingerprint density at radius 3 is 2.42 bits per heavy atom. The molecular formula is C18H25Cl2N3O3. The fraction of sp³-hybridized carbons (Fsp3) is 0.556. The number of hydrogen-bond acceptors (Lipinski definition) is 4. The highest BCUT2D eigenvalue weighted by Crippen LogP contribution is 2.26. The number of piperazine rings is 1. The molecule has 0 aromatic heterocycles. The van der Waals surface area contributed by atoms with Gasteiger partial charge < -0.3 is 15.0 Å². The van der Waals surface area contributed by atoms with Crippen molar-refractivity contribution in [3.63, 3.8) is 0 Å². The van der Waals surface area contributed by atoms with Crippen LogP contribution in [-0.4, -0.2) is 60.1 Å². The van der Waals surface area contributed by atoms with Crippen LogP contribution in [0.4, 0.5) is 4.79 Å². The van der Waals surface area contributed by atoms with Crippen LogP contribution in [0.1, 0.15) is 26.3 Å². The number of ether oxygens (including phenoxy) is 1. The van der Waals surface area contributed by atoms with Crippen LogP contribution in [0, 0.1) is 0 Å². The van der Waals surface area contributed by atoms with Gasteiger partial charge in [0.2, 0.25) is 5.91 Å². The normalized spacial score (nSPS) is 15.7. The number of amides is 2. The van der Waals surface area contributed by atoms with Crippen LogP contribution in [0.15, 0.2) is 18.2 Å². The fourth-order valence-electron chi connectivity index (χ4n) is 2.64. The van der Waals surface area contributed by atoms with Crippen molar-refractivity contribution in [2.75, 3.05) is 32.7 Å². The van der Waals surface area contributed by atoms with Gasteiger partial charge in [-0.15, -0.1) is 0 Å². The Kier molecular flexibility index (Phi) is 7.15. The highest BCUT2D eigenvalue weighted by atomic mass is 35.5. The molecule has 2 amide bonds. The molecule has 0 radical (unpaired) electrons. The molecule has 1 saturated heterocycles. The van der Waals surface area contributed by atoms with Crippen LogP contribution >= 0.6 is 23.2 Å². The monoisotopic (exact) mass is 401 g/mol. The Morgan fingerprint density at radius 2 is 1.81 bits per heavy atom. The standard InChI is InChI=1S/C18H25Cl2N3O3/c1-18(2,3)26-17(25)21-11-15(24)23-9-7-22(8-10-23)12-13-5-4-6-14(19)16(13)20/h4-6H,7-12H2,1-3H3,(H,21,25). The first-order chi connectivity index (χ1) is 12.2. The molecule has 0 atom stereocenters. The number of carbonyl (C=O) groups is 2. The van der Waals surface area contributed by atoms with E-state index in [4.69, 9.17) is 27.9 Å². The molecule has 0 spiro atoms. The second kappa shape index (κ2) is 8.93. The average molecular weight is 402 g/mol. The van der Waals surface area contributed by atoms with Crippen molar-refractivity contribution in [3.05, 3.63) is 33.8 Å². The molecule has 1 N–H and O–H groups in total. The third-order valence-corrected chi connectivity index (χ3v) is 4.79. The quantitative estimate of drug-likeness (QED) is 0.841. The van der Waals surface area contributed by atoms with E-state index >= 15 is 0 Å². The van der Waals surface area contributed by atoms with Crippen LogP contribution in [0.5, 0.6) is 0 Å². The SMILES string of the molecule is CC(C)(C)OC(=O)NCC(=O)N1CCN(Cc2cccc(Cl)c2Cl)CC1. The van der Waals surface area contributed by atoms with E-state index in [0.717, 1.165) is 18.7 Å². The van der Waals surface area contributed by atoms with Crippen molar-refractivity contribution in [1.29, 1.82) is 0 Å². The van der Waals surface area contributed by atoms with Gasteiger partial charge in [0.05, 0.1) is 10.0 Å². The van der Waals surface area contributed by atoms with Crippen LogP contribution in [-0.2, 0) is 16.1 Å². The van der Waals surface area contributed by atoms with E-state index < -0.39 is 11.7 Å². The molecule has 1 aliphatic heterocycles. The Labute approximate surface area is 164 Å². The summed E-state index contributed by atoms with van der Waals surface area (Å²) in [5.41, 5.74) is 0.394. The maximum absolute atomic E-state index is 12.2. The van der Waals surface area contributed by atoms with Gasteiger partial charge in [-0.25, -0.2) is 4.79 Å². The van der Waals surface area contributed by atoms with Gasteiger partial charge in [0.25, 0.3) is 0 Å². The highest BCUT2D eigenvalue weighted by Gasteiger charge is 2.23. The molecular weight excluding hydrogens is 377 g/mol. The second-order valence-electron chi connectivity index (χ2n) is 7.23. The van der Waals surface area contributed by atoms with Crippen molar-refractivity contribution in [1.82, 2.24) is 15.1 Å². The van der Waals surface area contributed by atoms with Crippen molar-refractivity contribution in [2.24, 2.45) is 0 Å². The molecule has 6 nitrogen and oxygen atoms in total. The molecule has 0 unspecified atom stereocenters. The number of benzene rings is 1. The number of hydrogen-bond donors (Lipinski definition) is 1. The summed E-state index contributed by atoms with van der Waals surface area (Å²) in [7, 11) is 0. The number of carbonyl (C=O) groups excluding carboxylic acids is 2. The summed E-state index contributed by atoms with van der Waals surface area (Å²) in [4.78, 5) is 27.8. The van der Waals surface area contributed by atoms with E-state index in [1.807, 2.05) is 12.1 Å². The molecule has 8 heteroatoms. The van der Waals surface area contributed by atoms with E-state index in [2.05, 4.69) is 10.2 Å². The Bertz CT molecular complexity index is 654. The Morgan fingerprint density at radius 1 is 1.15 bits per heavy atom. The number of rotatable bonds is 4. The molecule has 1 fully saturated rings. The number of halogens is 2. The van der Waals surface area contributed by atoms with Gasteiger partial charge in [-0.3, -0.25) is 9.69 Å². The molecule has 1 aromatic carbocycles. The zero-order valence-corrected chi connectivity index (χ0v) is 16.9. The first-order valence-electron chi connectivity index (χ1n) is 8.55. The highest BCUT2D eigenvalue weighted by molar-refractivity contribution is 6.42. The fourth-order valence-corrected chi connectivity index (χ4v) is 3.02. The number of alkyl carbamates (subject to hydrolysis) is 1. The third kappa shape index (κ3) is 6.34. The first kappa shape index (κ1) is 20.8. The van der Waals surface area contributed by atoms with Gasteiger partial charge in [-0.2, -0.15) is 0 Å². The molecule has 1 aliphatic rings.